The van der Waals surface area contributed by atoms with Crippen molar-refractivity contribution in [2.45, 2.75) is 32.6 Å². The van der Waals surface area contributed by atoms with E-state index in [1.54, 1.807) is 0 Å². The van der Waals surface area contributed by atoms with Crippen LogP contribution in [-0.2, 0) is 0 Å². The quantitative estimate of drug-likeness (QED) is 0.508. The third kappa shape index (κ3) is 5.41. The molecule has 0 N–H and O–H groups in total. The van der Waals surface area contributed by atoms with Crippen molar-refractivity contribution in [3.63, 3.8) is 0 Å². The average Bonchev–Trinajstić information content (AvgIpc) is 2.64. The maximum Gasteiger partial charge on any atom is 0.00610 e. The van der Waals surface area contributed by atoms with Gasteiger partial charge in [0.15, 0.2) is 0 Å². The molecule has 0 aromatic heterocycles. The van der Waals surface area contributed by atoms with E-state index in [0.717, 1.165) is 0 Å². The minimum absolute atomic E-state index is 0.484. The first-order chi connectivity index (χ1) is 11.2. The van der Waals surface area contributed by atoms with Crippen molar-refractivity contribution in [2.75, 3.05) is 0 Å². The molecule has 0 aliphatic heterocycles. The third-order valence-corrected chi connectivity index (χ3v) is 4.07. The summed E-state index contributed by atoms with van der Waals surface area (Å²) in [7, 11) is 0. The van der Waals surface area contributed by atoms with E-state index in [0.29, 0.717) is 11.8 Å². The van der Waals surface area contributed by atoms with Gasteiger partial charge >= 0.3 is 0 Å². The lowest BCUT2D eigenvalue weighted by Gasteiger charge is -2.11. The van der Waals surface area contributed by atoms with Gasteiger partial charge in [0, 0.05) is 5.92 Å². The van der Waals surface area contributed by atoms with E-state index in [2.05, 4.69) is 106 Å². The fraction of sp³-hybridized carbons (Fsp3) is 0.217. The molecule has 0 saturated heterocycles. The Balaban J connectivity index is 0.000000185. The largest absolute Gasteiger partial charge is 0.0622 e. The molecule has 0 unspecified atom stereocenters. The van der Waals surface area contributed by atoms with Gasteiger partial charge in [0.2, 0.25) is 0 Å². The first-order valence-corrected chi connectivity index (χ1v) is 8.33. The van der Waals surface area contributed by atoms with Crippen LogP contribution in [0.15, 0.2) is 91.0 Å². The smallest absolute Gasteiger partial charge is 0.00610 e. The van der Waals surface area contributed by atoms with Gasteiger partial charge in [-0.3, -0.25) is 0 Å². The van der Waals surface area contributed by atoms with E-state index >= 15 is 0 Å². The molecule has 0 heterocycles. The van der Waals surface area contributed by atoms with Gasteiger partial charge in [-0.05, 0) is 22.6 Å². The van der Waals surface area contributed by atoms with Gasteiger partial charge in [-0.25, -0.2) is 0 Å². The van der Waals surface area contributed by atoms with Crippen LogP contribution in [-0.4, -0.2) is 0 Å². The van der Waals surface area contributed by atoms with Crippen molar-refractivity contribution in [2.24, 2.45) is 0 Å². The standard InChI is InChI=1S/C14H14.C9H12/c1-12(13-8-4-2-5-9-13)14-10-6-3-7-11-14;1-8(2)9-6-4-3-5-7-9/h2-12H,1H3;3-8H,1-2H3. The molecule has 0 atom stereocenters. The molecular formula is C23H26. The highest BCUT2D eigenvalue weighted by Crippen LogP contribution is 2.22. The van der Waals surface area contributed by atoms with Crippen molar-refractivity contribution < 1.29 is 0 Å². The van der Waals surface area contributed by atoms with Crippen LogP contribution in [0.25, 0.3) is 0 Å². The summed E-state index contributed by atoms with van der Waals surface area (Å²) in [6.45, 7) is 6.65. The zero-order chi connectivity index (χ0) is 16.5. The highest BCUT2D eigenvalue weighted by atomic mass is 14.1. The lowest BCUT2D eigenvalue weighted by atomic mass is 9.93. The molecule has 0 bridgehead atoms. The fourth-order valence-electron chi connectivity index (χ4n) is 2.51. The second kappa shape index (κ2) is 8.95. The highest BCUT2D eigenvalue weighted by molar-refractivity contribution is 5.31. The second-order valence-electron chi connectivity index (χ2n) is 6.11. The fourth-order valence-corrected chi connectivity index (χ4v) is 2.51. The molecular weight excluding hydrogens is 276 g/mol. The molecule has 3 aromatic carbocycles. The topological polar surface area (TPSA) is 0 Å². The Morgan fingerprint density at radius 1 is 0.435 bits per heavy atom. The lowest BCUT2D eigenvalue weighted by molar-refractivity contribution is 0.867. The van der Waals surface area contributed by atoms with Crippen molar-refractivity contribution in [3.8, 4) is 0 Å². The Kier molecular flexibility index (Phi) is 6.62. The van der Waals surface area contributed by atoms with Gasteiger partial charge in [0.25, 0.3) is 0 Å². The minimum atomic E-state index is 0.484. The summed E-state index contributed by atoms with van der Waals surface area (Å²) >= 11 is 0. The Labute approximate surface area is 140 Å². The molecule has 0 heteroatoms. The van der Waals surface area contributed by atoms with Gasteiger partial charge in [0.1, 0.15) is 0 Å². The molecule has 0 amide bonds. The van der Waals surface area contributed by atoms with E-state index in [-0.39, 0.29) is 0 Å². The van der Waals surface area contributed by atoms with E-state index in [4.69, 9.17) is 0 Å². The zero-order valence-electron chi connectivity index (χ0n) is 14.3. The Bertz CT molecular complexity index is 615. The van der Waals surface area contributed by atoms with Crippen LogP contribution in [0.1, 0.15) is 49.3 Å². The normalized spacial score (nSPS) is 10.3. The summed E-state index contributed by atoms with van der Waals surface area (Å²) in [5.41, 5.74) is 4.16. The maximum absolute atomic E-state index is 2.24. The van der Waals surface area contributed by atoms with E-state index in [9.17, 15) is 0 Å². The molecule has 3 aromatic rings. The Hall–Kier alpha value is -2.34. The average molecular weight is 302 g/mol. The van der Waals surface area contributed by atoms with Gasteiger partial charge in [-0.2, -0.15) is 0 Å². The number of benzene rings is 3. The van der Waals surface area contributed by atoms with Gasteiger partial charge < -0.3 is 0 Å². The highest BCUT2D eigenvalue weighted by Gasteiger charge is 2.05. The first-order valence-electron chi connectivity index (χ1n) is 8.33. The van der Waals surface area contributed by atoms with Gasteiger partial charge in [-0.1, -0.05) is 112 Å². The van der Waals surface area contributed by atoms with Crippen molar-refractivity contribution >= 4 is 0 Å². The van der Waals surface area contributed by atoms with Crippen molar-refractivity contribution in [1.29, 1.82) is 0 Å². The summed E-state index contributed by atoms with van der Waals surface area (Å²) in [6.07, 6.45) is 0. The van der Waals surface area contributed by atoms with Gasteiger partial charge in [0.05, 0.1) is 0 Å². The minimum Gasteiger partial charge on any atom is -0.0622 e. The molecule has 0 nitrogen and oxygen atoms in total. The van der Waals surface area contributed by atoms with Crippen LogP contribution in [0.3, 0.4) is 0 Å². The van der Waals surface area contributed by atoms with Crippen LogP contribution in [0, 0.1) is 0 Å². The molecule has 0 aliphatic rings. The van der Waals surface area contributed by atoms with Crippen LogP contribution >= 0.6 is 0 Å². The predicted octanol–water partition coefficient (Wildman–Crippen LogP) is 6.65. The van der Waals surface area contributed by atoms with Crippen LogP contribution in [0.2, 0.25) is 0 Å². The van der Waals surface area contributed by atoms with Gasteiger partial charge in [-0.15, -0.1) is 0 Å². The number of hydrogen-bond donors (Lipinski definition) is 0. The molecule has 3 rings (SSSR count). The SMILES string of the molecule is CC(C)c1ccccc1.CC(c1ccccc1)c1ccccc1. The number of hydrogen-bond acceptors (Lipinski definition) is 0. The first kappa shape index (κ1) is 17.0. The summed E-state index contributed by atoms with van der Waals surface area (Å²) < 4.78 is 0. The predicted molar refractivity (Wildman–Crippen MR) is 101 cm³/mol. The summed E-state index contributed by atoms with van der Waals surface area (Å²) in [6, 6.07) is 31.7. The molecule has 0 fully saturated rings. The molecule has 0 spiro atoms. The second-order valence-corrected chi connectivity index (χ2v) is 6.11. The van der Waals surface area contributed by atoms with Crippen molar-refractivity contribution in [3.05, 3.63) is 108 Å². The summed E-state index contributed by atoms with van der Waals surface area (Å²) in [5.74, 6) is 1.14. The molecule has 0 aliphatic carbocycles. The van der Waals surface area contributed by atoms with Crippen LogP contribution in [0.4, 0.5) is 0 Å². The third-order valence-electron chi connectivity index (χ3n) is 4.07. The summed E-state index contributed by atoms with van der Waals surface area (Å²) in [5, 5.41) is 0. The van der Waals surface area contributed by atoms with E-state index < -0.39 is 0 Å². The maximum atomic E-state index is 2.24. The zero-order valence-corrected chi connectivity index (χ0v) is 14.3. The Morgan fingerprint density at radius 3 is 1.00 bits per heavy atom. The molecule has 0 radical (unpaired) electrons. The summed E-state index contributed by atoms with van der Waals surface area (Å²) in [4.78, 5) is 0. The lowest BCUT2D eigenvalue weighted by Crippen LogP contribution is -1.94. The molecule has 0 saturated carbocycles. The molecule has 118 valence electrons. The monoisotopic (exact) mass is 302 g/mol. The van der Waals surface area contributed by atoms with Crippen LogP contribution in [0.5, 0.6) is 0 Å². The van der Waals surface area contributed by atoms with Crippen LogP contribution < -0.4 is 0 Å². The number of rotatable bonds is 3. The molecule has 23 heavy (non-hydrogen) atoms. The van der Waals surface area contributed by atoms with E-state index in [1.165, 1.54) is 16.7 Å². The van der Waals surface area contributed by atoms with E-state index in [1.807, 2.05) is 6.07 Å². The van der Waals surface area contributed by atoms with Crippen molar-refractivity contribution in [1.82, 2.24) is 0 Å². The Morgan fingerprint density at radius 2 is 0.739 bits per heavy atom.